The van der Waals surface area contributed by atoms with E-state index in [1.807, 2.05) is 28.9 Å². The van der Waals surface area contributed by atoms with Crippen molar-refractivity contribution in [3.05, 3.63) is 18.2 Å². The van der Waals surface area contributed by atoms with Gasteiger partial charge in [-0.2, -0.15) is 0 Å². The highest BCUT2D eigenvalue weighted by molar-refractivity contribution is 5.74. The van der Waals surface area contributed by atoms with Gasteiger partial charge in [-0.05, 0) is 25.8 Å². The molecule has 0 spiro atoms. The second kappa shape index (κ2) is 7.98. The van der Waals surface area contributed by atoms with Gasteiger partial charge in [0.25, 0.3) is 0 Å². The van der Waals surface area contributed by atoms with Crippen LogP contribution in [0, 0.1) is 0 Å². The molecule has 2 unspecified atom stereocenters. The molecule has 0 saturated carbocycles. The fourth-order valence-corrected chi connectivity index (χ4v) is 3.61. The van der Waals surface area contributed by atoms with E-state index in [1.165, 1.54) is 6.42 Å². The molecule has 24 heavy (non-hydrogen) atoms. The summed E-state index contributed by atoms with van der Waals surface area (Å²) >= 11 is 0. The van der Waals surface area contributed by atoms with Crippen LogP contribution in [0.1, 0.15) is 38.1 Å². The second-order valence-corrected chi connectivity index (χ2v) is 6.66. The molecule has 2 aliphatic heterocycles. The van der Waals surface area contributed by atoms with E-state index < -0.39 is 0 Å². The molecule has 2 fully saturated rings. The molecule has 1 aromatic rings. The third-order valence-electron chi connectivity index (χ3n) is 5.10. The molecule has 2 aliphatic rings. The van der Waals surface area contributed by atoms with E-state index >= 15 is 0 Å². The van der Waals surface area contributed by atoms with Crippen molar-refractivity contribution in [1.82, 2.24) is 24.7 Å². The first kappa shape index (κ1) is 17.2. The lowest BCUT2D eigenvalue weighted by Gasteiger charge is -2.40. The van der Waals surface area contributed by atoms with Crippen molar-refractivity contribution in [3.8, 4) is 0 Å². The number of amides is 2. The molecule has 2 saturated heterocycles. The fourth-order valence-electron chi connectivity index (χ4n) is 3.61. The van der Waals surface area contributed by atoms with Gasteiger partial charge in [0.1, 0.15) is 5.82 Å². The van der Waals surface area contributed by atoms with Gasteiger partial charge in [-0.25, -0.2) is 9.78 Å². The number of nitrogens with zero attached hydrogens (tertiary/aromatic N) is 4. The van der Waals surface area contributed by atoms with Crippen LogP contribution in [0.15, 0.2) is 12.4 Å². The standard InChI is InChI=1S/C17H29N5O2/c1-3-21-9-10-22(13-15(21)16-18-7-8-20(16)2)17(23)19-12-14-6-4-5-11-24-14/h7-8,14-15H,3-6,9-13H2,1-2H3,(H,19,23). The van der Waals surface area contributed by atoms with Crippen molar-refractivity contribution in [2.45, 2.75) is 38.3 Å². The number of ether oxygens (including phenoxy) is 1. The molecule has 3 rings (SSSR count). The zero-order valence-corrected chi connectivity index (χ0v) is 14.8. The number of carbonyl (C=O) groups excluding carboxylic acids is 1. The molecule has 2 amide bonds. The summed E-state index contributed by atoms with van der Waals surface area (Å²) in [5.74, 6) is 1.02. The minimum atomic E-state index is 0.0131. The van der Waals surface area contributed by atoms with E-state index in [4.69, 9.17) is 4.74 Å². The number of rotatable bonds is 4. The lowest BCUT2D eigenvalue weighted by molar-refractivity contribution is 0.0168. The Bertz CT molecular complexity index is 541. The first-order valence-corrected chi connectivity index (χ1v) is 9.04. The van der Waals surface area contributed by atoms with Crippen LogP contribution < -0.4 is 5.32 Å². The average Bonchev–Trinajstić information content (AvgIpc) is 3.05. The molecule has 134 valence electrons. The van der Waals surface area contributed by atoms with Crippen LogP contribution in [-0.2, 0) is 11.8 Å². The van der Waals surface area contributed by atoms with Crippen LogP contribution in [0.3, 0.4) is 0 Å². The number of carbonyl (C=O) groups is 1. The van der Waals surface area contributed by atoms with Gasteiger partial charge in [-0.3, -0.25) is 4.90 Å². The van der Waals surface area contributed by atoms with Crippen molar-refractivity contribution in [1.29, 1.82) is 0 Å². The molecule has 2 atom stereocenters. The summed E-state index contributed by atoms with van der Waals surface area (Å²) in [6.07, 6.45) is 7.32. The van der Waals surface area contributed by atoms with Crippen LogP contribution in [0.25, 0.3) is 0 Å². The van der Waals surface area contributed by atoms with Crippen LogP contribution in [0.4, 0.5) is 4.79 Å². The Kier molecular flexibility index (Phi) is 5.73. The highest BCUT2D eigenvalue weighted by Gasteiger charge is 2.32. The van der Waals surface area contributed by atoms with Crippen molar-refractivity contribution in [3.63, 3.8) is 0 Å². The number of imidazole rings is 1. The van der Waals surface area contributed by atoms with Crippen molar-refractivity contribution >= 4 is 6.03 Å². The summed E-state index contributed by atoms with van der Waals surface area (Å²) in [5, 5.41) is 3.05. The Labute approximate surface area is 144 Å². The van der Waals surface area contributed by atoms with Gasteiger partial charge in [-0.1, -0.05) is 6.92 Å². The highest BCUT2D eigenvalue weighted by Crippen LogP contribution is 2.23. The summed E-state index contributed by atoms with van der Waals surface area (Å²) in [7, 11) is 2.01. The van der Waals surface area contributed by atoms with Gasteiger partial charge >= 0.3 is 6.03 Å². The molecular weight excluding hydrogens is 306 g/mol. The van der Waals surface area contributed by atoms with Crippen molar-refractivity contribution in [2.24, 2.45) is 7.05 Å². The van der Waals surface area contributed by atoms with Gasteiger partial charge < -0.3 is 19.5 Å². The van der Waals surface area contributed by atoms with Crippen molar-refractivity contribution in [2.75, 3.05) is 39.3 Å². The molecule has 0 bridgehead atoms. The van der Waals surface area contributed by atoms with Gasteiger partial charge in [0.2, 0.25) is 0 Å². The van der Waals surface area contributed by atoms with Crippen LogP contribution in [-0.4, -0.2) is 70.8 Å². The summed E-state index contributed by atoms with van der Waals surface area (Å²) in [4.78, 5) is 21.3. The number of hydrogen-bond donors (Lipinski definition) is 1. The summed E-state index contributed by atoms with van der Waals surface area (Å²) in [5.41, 5.74) is 0. The molecule has 0 aromatic carbocycles. The van der Waals surface area contributed by atoms with Gasteiger partial charge in [0.05, 0.1) is 12.1 Å². The number of aryl methyl sites for hydroxylation is 1. The third kappa shape index (κ3) is 3.89. The topological polar surface area (TPSA) is 62.6 Å². The van der Waals surface area contributed by atoms with E-state index in [0.29, 0.717) is 13.1 Å². The normalized spacial score (nSPS) is 25.7. The minimum Gasteiger partial charge on any atom is -0.376 e. The summed E-state index contributed by atoms with van der Waals surface area (Å²) in [6, 6.07) is 0.166. The molecule has 7 heteroatoms. The highest BCUT2D eigenvalue weighted by atomic mass is 16.5. The molecule has 0 aliphatic carbocycles. The maximum absolute atomic E-state index is 12.5. The SMILES string of the molecule is CCN1CCN(C(=O)NCC2CCCCO2)CC1c1nccn1C. The lowest BCUT2D eigenvalue weighted by Crippen LogP contribution is -2.54. The number of aromatic nitrogens is 2. The molecule has 1 aromatic heterocycles. The Balaban J connectivity index is 1.57. The Morgan fingerprint density at radius 2 is 2.29 bits per heavy atom. The lowest BCUT2D eigenvalue weighted by atomic mass is 10.1. The predicted molar refractivity (Wildman–Crippen MR) is 91.8 cm³/mol. The number of likely N-dealkylation sites (N-methyl/N-ethyl adjacent to an activating group) is 1. The van der Waals surface area contributed by atoms with Gasteiger partial charge in [0.15, 0.2) is 0 Å². The molecule has 3 heterocycles. The number of piperazine rings is 1. The molecule has 7 nitrogen and oxygen atoms in total. The zero-order chi connectivity index (χ0) is 16.9. The van der Waals surface area contributed by atoms with Crippen LogP contribution in [0.2, 0.25) is 0 Å². The average molecular weight is 335 g/mol. The fraction of sp³-hybridized carbons (Fsp3) is 0.765. The minimum absolute atomic E-state index is 0.0131. The van der Waals surface area contributed by atoms with Gasteiger partial charge in [0, 0.05) is 52.2 Å². The Hall–Kier alpha value is -1.60. The monoisotopic (exact) mass is 335 g/mol. The number of urea groups is 1. The molecular formula is C17H29N5O2. The number of nitrogens with one attached hydrogen (secondary N) is 1. The van der Waals surface area contributed by atoms with E-state index in [-0.39, 0.29) is 18.2 Å². The van der Waals surface area contributed by atoms with E-state index in [1.54, 1.807) is 0 Å². The largest absolute Gasteiger partial charge is 0.376 e. The van der Waals surface area contributed by atoms with E-state index in [9.17, 15) is 4.79 Å². The van der Waals surface area contributed by atoms with E-state index in [2.05, 4.69) is 22.1 Å². The summed E-state index contributed by atoms with van der Waals surface area (Å²) < 4.78 is 7.74. The predicted octanol–water partition coefficient (Wildman–Crippen LogP) is 1.38. The molecule has 1 N–H and O–H groups in total. The smallest absolute Gasteiger partial charge is 0.317 e. The Morgan fingerprint density at radius 1 is 1.42 bits per heavy atom. The maximum atomic E-state index is 12.5. The van der Waals surface area contributed by atoms with Crippen molar-refractivity contribution < 1.29 is 9.53 Å². The van der Waals surface area contributed by atoms with Gasteiger partial charge in [-0.15, -0.1) is 0 Å². The van der Waals surface area contributed by atoms with Crippen LogP contribution in [0.5, 0.6) is 0 Å². The number of hydrogen-bond acceptors (Lipinski definition) is 4. The quantitative estimate of drug-likeness (QED) is 0.903. The second-order valence-electron chi connectivity index (χ2n) is 6.66. The van der Waals surface area contributed by atoms with E-state index in [0.717, 1.165) is 44.9 Å². The summed E-state index contributed by atoms with van der Waals surface area (Å²) in [6.45, 7) is 6.86. The first-order chi connectivity index (χ1) is 11.7. The zero-order valence-electron chi connectivity index (χ0n) is 14.8. The maximum Gasteiger partial charge on any atom is 0.317 e. The van der Waals surface area contributed by atoms with Crippen LogP contribution >= 0.6 is 0 Å². The molecule has 0 radical (unpaired) electrons. The Morgan fingerprint density at radius 3 is 2.96 bits per heavy atom. The third-order valence-corrected chi connectivity index (χ3v) is 5.10. The first-order valence-electron chi connectivity index (χ1n) is 9.04.